The highest BCUT2D eigenvalue weighted by molar-refractivity contribution is 5.85. The molecule has 5 aromatic carbocycles. The number of aliphatic hydroxyl groups excluding tert-OH is 2. The molecule has 0 amide bonds. The molecule has 0 saturated carbocycles. The van der Waals surface area contributed by atoms with Crippen LogP contribution in [0.25, 0.3) is 17.2 Å². The van der Waals surface area contributed by atoms with Crippen molar-refractivity contribution in [2.45, 2.75) is 120 Å². The van der Waals surface area contributed by atoms with Crippen LogP contribution in [0.15, 0.2) is 83.9 Å². The summed E-state index contributed by atoms with van der Waals surface area (Å²) in [7, 11) is 1.84. The maximum Gasteiger partial charge on any atom is 0.162 e. The van der Waals surface area contributed by atoms with Crippen LogP contribution in [0.1, 0.15) is 96.6 Å². The van der Waals surface area contributed by atoms with E-state index in [0.29, 0.717) is 93.0 Å². The van der Waals surface area contributed by atoms with E-state index in [0.717, 1.165) is 49.5 Å². The topological polar surface area (TPSA) is 187 Å². The van der Waals surface area contributed by atoms with Gasteiger partial charge in [-0.15, -0.1) is 0 Å². The standard InChI is InChI=1S/C60H70N4O9/c1-36(2)29-59(3,69)33-62-34-64-53-12-8-11-44(31-65)71-52-27-42(25-40(55(52)68)15-13-37-9-6-5-7-10-37)58-60(53,70-35-61-4)30-50-49-26-41(24-38-14-20-51-39(23-38)21-22-63-51)48-28-43(67)16-18-46(48)54(49)57-47(56(50)73-58)19-17-45(32-66)72-57/h5-7,9-10,14,16,18,20-21,23,25,27-28,36,41,44-45,53,58,61-62,64-69H,11,13,15,17,19,22,24,26,29-35H2,1-4H3. The predicted molar refractivity (Wildman–Crippen MR) is 281 cm³/mol. The molecule has 4 heterocycles. The first-order chi connectivity index (χ1) is 35.4. The van der Waals surface area contributed by atoms with Gasteiger partial charge >= 0.3 is 0 Å². The van der Waals surface area contributed by atoms with Gasteiger partial charge in [0.1, 0.15) is 41.1 Å². The summed E-state index contributed by atoms with van der Waals surface area (Å²) >= 11 is 0. The Morgan fingerprint density at radius 3 is 2.53 bits per heavy atom. The molecule has 13 nitrogen and oxygen atoms in total. The average molecular weight is 991 g/mol. The van der Waals surface area contributed by atoms with Gasteiger partial charge in [0.2, 0.25) is 0 Å². The Labute approximate surface area is 428 Å². The Hall–Kier alpha value is -5.95. The van der Waals surface area contributed by atoms with Gasteiger partial charge in [-0.05, 0) is 151 Å². The Kier molecular flexibility index (Phi) is 14.9. The third kappa shape index (κ3) is 10.4. The number of aliphatic hydroxyl groups is 3. The monoisotopic (exact) mass is 991 g/mol. The van der Waals surface area contributed by atoms with Crippen LogP contribution in [0.2, 0.25) is 0 Å². The van der Waals surface area contributed by atoms with Crippen LogP contribution in [0.4, 0.5) is 0 Å². The highest BCUT2D eigenvalue weighted by Gasteiger charge is 2.55. The molecule has 0 saturated heterocycles. The average Bonchev–Trinajstić information content (AvgIpc) is 3.86. The summed E-state index contributed by atoms with van der Waals surface area (Å²) in [5.41, 5.74) is 7.25. The number of hydrogen-bond acceptors (Lipinski definition) is 13. The highest BCUT2D eigenvalue weighted by Crippen LogP contribution is 2.58. The molecule has 0 spiro atoms. The van der Waals surface area contributed by atoms with Gasteiger partial charge in [0.25, 0.3) is 0 Å². The zero-order valence-electron chi connectivity index (χ0n) is 42.5. The van der Waals surface area contributed by atoms with E-state index in [-0.39, 0.29) is 56.2 Å². The van der Waals surface area contributed by atoms with Crippen LogP contribution >= 0.6 is 0 Å². The van der Waals surface area contributed by atoms with Crippen molar-refractivity contribution in [2.24, 2.45) is 10.9 Å². The number of phenolic OH excluding ortho intramolecular Hbond substituents is 2. The molecule has 5 aliphatic rings. The van der Waals surface area contributed by atoms with Crippen molar-refractivity contribution in [3.05, 3.63) is 134 Å². The largest absolute Gasteiger partial charge is 0.508 e. The third-order valence-corrected chi connectivity index (χ3v) is 15.2. The molecule has 1 aliphatic carbocycles. The summed E-state index contributed by atoms with van der Waals surface area (Å²) in [5.74, 6) is 8.97. The molecule has 0 fully saturated rings. The van der Waals surface area contributed by atoms with E-state index in [4.69, 9.17) is 18.9 Å². The Bertz CT molecular complexity index is 3020. The molecule has 7 unspecified atom stereocenters. The van der Waals surface area contributed by atoms with Crippen molar-refractivity contribution in [2.75, 3.05) is 46.8 Å². The lowest BCUT2D eigenvalue weighted by molar-refractivity contribution is -0.141. The molecule has 0 aromatic heterocycles. The Morgan fingerprint density at radius 2 is 1.74 bits per heavy atom. The van der Waals surface area contributed by atoms with E-state index in [9.17, 15) is 25.5 Å². The van der Waals surface area contributed by atoms with Gasteiger partial charge in [0.15, 0.2) is 17.6 Å². The van der Waals surface area contributed by atoms with Crippen molar-refractivity contribution in [1.29, 1.82) is 0 Å². The Balaban J connectivity index is 1.18. The molecule has 10 rings (SSSR count). The number of nitrogens with zero attached hydrogens (tertiary/aromatic N) is 1. The van der Waals surface area contributed by atoms with Crippen LogP contribution in [-0.4, -0.2) is 102 Å². The second kappa shape index (κ2) is 21.5. The maximum absolute atomic E-state index is 12.1. The number of aromatic hydroxyl groups is 2. The second-order valence-electron chi connectivity index (χ2n) is 21.3. The minimum absolute atomic E-state index is 0.00286. The van der Waals surface area contributed by atoms with Crippen molar-refractivity contribution in [1.82, 2.24) is 16.0 Å². The van der Waals surface area contributed by atoms with Gasteiger partial charge in [-0.25, -0.2) is 0 Å². The molecule has 7 atom stereocenters. The predicted octanol–water partition coefficient (Wildman–Crippen LogP) is 5.59. The minimum Gasteiger partial charge on any atom is -0.508 e. The first-order valence-electron chi connectivity index (χ1n) is 26.1. The van der Waals surface area contributed by atoms with Crippen LogP contribution in [0, 0.1) is 17.8 Å². The lowest BCUT2D eigenvalue weighted by Crippen LogP contribution is -2.62. The van der Waals surface area contributed by atoms with Gasteiger partial charge < -0.3 is 49.8 Å². The highest BCUT2D eigenvalue weighted by atomic mass is 16.6. The molecule has 0 radical (unpaired) electrons. The van der Waals surface area contributed by atoms with E-state index >= 15 is 0 Å². The van der Waals surface area contributed by atoms with E-state index in [1.54, 1.807) is 6.07 Å². The number of aryl methyl sites for hydroxylation is 2. The molecule has 8 N–H and O–H groups in total. The van der Waals surface area contributed by atoms with Crippen LogP contribution in [0.5, 0.6) is 28.7 Å². The number of rotatable bonds is 17. The van der Waals surface area contributed by atoms with E-state index in [1.165, 1.54) is 5.56 Å². The summed E-state index contributed by atoms with van der Waals surface area (Å²) in [6, 6.07) is 25.4. The first-order valence-corrected chi connectivity index (χ1v) is 26.1. The molecule has 384 valence electrons. The summed E-state index contributed by atoms with van der Waals surface area (Å²) in [5, 5.41) is 68.5. The van der Waals surface area contributed by atoms with E-state index in [2.05, 4.69) is 83.0 Å². The number of ether oxygens (including phenoxy) is 4. The molecule has 73 heavy (non-hydrogen) atoms. The summed E-state index contributed by atoms with van der Waals surface area (Å²) in [6.45, 7) is 6.97. The summed E-state index contributed by atoms with van der Waals surface area (Å²) < 4.78 is 28.5. The fourth-order valence-corrected chi connectivity index (χ4v) is 12.0. The fourth-order valence-electron chi connectivity index (χ4n) is 12.0. The normalized spacial score (nSPS) is 23.1. The number of benzene rings is 5. The molecular formula is C60H70N4O9. The van der Waals surface area contributed by atoms with E-state index < -0.39 is 35.6 Å². The van der Waals surface area contributed by atoms with E-state index in [1.807, 2.05) is 56.4 Å². The molecule has 13 heteroatoms. The lowest BCUT2D eigenvalue weighted by atomic mass is 9.69. The van der Waals surface area contributed by atoms with Gasteiger partial charge in [-0.3, -0.25) is 15.6 Å². The van der Waals surface area contributed by atoms with Crippen molar-refractivity contribution < 1.29 is 44.5 Å². The summed E-state index contributed by atoms with van der Waals surface area (Å²) in [4.78, 5) is 4.64. The number of hydrogen-bond donors (Lipinski definition) is 8. The number of fused-ring (bicyclic) bond motifs is 13. The second-order valence-corrected chi connectivity index (χ2v) is 21.3. The number of nitrogens with one attached hydrogen (secondary N) is 3. The summed E-state index contributed by atoms with van der Waals surface area (Å²) in [6.07, 6.45) is 4.80. The van der Waals surface area contributed by atoms with Crippen LogP contribution in [0.3, 0.4) is 0 Å². The zero-order chi connectivity index (χ0) is 50.9. The molecular weight excluding hydrogens is 921 g/mol. The lowest BCUT2D eigenvalue weighted by Gasteiger charge is -2.49. The zero-order valence-corrected chi connectivity index (χ0v) is 42.5. The van der Waals surface area contributed by atoms with Crippen molar-refractivity contribution >= 4 is 6.08 Å². The first kappa shape index (κ1) is 50.6. The van der Waals surface area contributed by atoms with Crippen LogP contribution in [-0.2, 0) is 43.3 Å². The third-order valence-electron chi connectivity index (χ3n) is 15.2. The van der Waals surface area contributed by atoms with Gasteiger partial charge in [-0.1, -0.05) is 74.2 Å². The quantitative estimate of drug-likeness (QED) is 0.0329. The van der Waals surface area contributed by atoms with Gasteiger partial charge in [0, 0.05) is 42.7 Å². The smallest absolute Gasteiger partial charge is 0.162 e. The fraction of sp³-hybridized carbons (Fsp3) is 0.450. The molecule has 5 aromatic rings. The van der Waals surface area contributed by atoms with Crippen LogP contribution < -0.4 is 40.7 Å². The number of phenols is 2. The SMILES string of the molecule is CNCOC12Cc3c4c(c5c(c3OC1c1cc(CCc3ccccc3)c(O)c(c1)OC(CO)CC#CC2NCNCC(C)(O)CC(C)C)CCC(CO)O5)-c1ccc(O)cc1C(Cc1ccc2c(c1)=CCN=2)C4. The van der Waals surface area contributed by atoms with Gasteiger partial charge in [-0.2, -0.15) is 0 Å². The van der Waals surface area contributed by atoms with Gasteiger partial charge in [0.05, 0.1) is 37.4 Å². The molecule has 2 bridgehead atoms. The molecule has 4 aliphatic heterocycles. The minimum atomic E-state index is -1.27. The Morgan fingerprint density at radius 1 is 0.904 bits per heavy atom. The maximum atomic E-state index is 12.1. The van der Waals surface area contributed by atoms with Crippen molar-refractivity contribution in [3.8, 4) is 51.7 Å². The van der Waals surface area contributed by atoms with Crippen molar-refractivity contribution in [3.63, 3.8) is 0 Å².